The number of nitrogens with one attached hydrogen (secondary N) is 2. The van der Waals surface area contributed by atoms with Gasteiger partial charge >= 0.3 is 0 Å². The van der Waals surface area contributed by atoms with Crippen molar-refractivity contribution in [3.05, 3.63) is 46.9 Å². The van der Waals surface area contributed by atoms with Crippen LogP contribution in [0, 0.1) is 0 Å². The summed E-state index contributed by atoms with van der Waals surface area (Å²) < 4.78 is 0. The zero-order chi connectivity index (χ0) is 11.1. The Bertz CT molecular complexity index is 386. The number of aromatic nitrogens is 1. The molecule has 0 unspecified atom stereocenters. The fraction of sp³-hybridized carbons (Fsp3) is 0.250. The van der Waals surface area contributed by atoms with Crippen molar-refractivity contribution in [2.45, 2.75) is 6.54 Å². The number of hydrogen-bond donors (Lipinski definition) is 2. The van der Waals surface area contributed by atoms with Crippen molar-refractivity contribution < 1.29 is 0 Å². The highest BCUT2D eigenvalue weighted by molar-refractivity contribution is 7.07. The lowest BCUT2D eigenvalue weighted by Crippen LogP contribution is -2.21. The molecule has 3 nitrogen and oxygen atoms in total. The average Bonchev–Trinajstić information content (AvgIpc) is 2.83. The third kappa shape index (κ3) is 3.64. The third-order valence-electron chi connectivity index (χ3n) is 2.19. The van der Waals surface area contributed by atoms with E-state index in [0.29, 0.717) is 0 Å². The van der Waals surface area contributed by atoms with E-state index in [2.05, 4.69) is 33.1 Å². The van der Waals surface area contributed by atoms with Gasteiger partial charge in [-0.1, -0.05) is 18.2 Å². The summed E-state index contributed by atoms with van der Waals surface area (Å²) in [6.45, 7) is 2.71. The highest BCUT2D eigenvalue weighted by Gasteiger charge is 1.93. The second-order valence-electron chi connectivity index (χ2n) is 3.45. The molecule has 0 spiro atoms. The van der Waals surface area contributed by atoms with Crippen LogP contribution in [0.2, 0.25) is 0 Å². The van der Waals surface area contributed by atoms with Gasteiger partial charge in [-0.15, -0.1) is 11.3 Å². The molecule has 2 N–H and O–H groups in total. The summed E-state index contributed by atoms with van der Waals surface area (Å²) in [7, 11) is 0. The topological polar surface area (TPSA) is 37.0 Å². The zero-order valence-electron chi connectivity index (χ0n) is 9.02. The largest absolute Gasteiger partial charge is 0.384 e. The molecule has 2 aromatic rings. The van der Waals surface area contributed by atoms with E-state index < -0.39 is 0 Å². The average molecular weight is 233 g/mol. The number of rotatable bonds is 6. The van der Waals surface area contributed by atoms with Crippen LogP contribution >= 0.6 is 11.3 Å². The Morgan fingerprint density at radius 2 is 2.00 bits per heavy atom. The van der Waals surface area contributed by atoms with E-state index in [4.69, 9.17) is 0 Å². The molecule has 0 saturated carbocycles. The van der Waals surface area contributed by atoms with Gasteiger partial charge in [-0.3, -0.25) is 0 Å². The van der Waals surface area contributed by atoms with Crippen LogP contribution in [0.4, 0.5) is 5.69 Å². The lowest BCUT2D eigenvalue weighted by molar-refractivity contribution is 0.696. The lowest BCUT2D eigenvalue weighted by atomic mass is 10.3. The molecule has 2 rings (SSSR count). The lowest BCUT2D eigenvalue weighted by Gasteiger charge is -2.06. The molecule has 1 heterocycles. The third-order valence-corrected chi connectivity index (χ3v) is 2.83. The van der Waals surface area contributed by atoms with Gasteiger partial charge in [0.05, 0.1) is 11.2 Å². The first-order chi connectivity index (χ1) is 7.95. The molecule has 0 atom stereocenters. The van der Waals surface area contributed by atoms with Gasteiger partial charge in [0.15, 0.2) is 0 Å². The summed E-state index contributed by atoms with van der Waals surface area (Å²) in [5, 5.41) is 8.75. The number of nitrogens with zero attached hydrogens (tertiary/aromatic N) is 1. The van der Waals surface area contributed by atoms with Crippen LogP contribution in [-0.4, -0.2) is 18.1 Å². The Morgan fingerprint density at radius 1 is 1.12 bits per heavy atom. The molecule has 84 valence electrons. The summed E-state index contributed by atoms with van der Waals surface area (Å²) in [5.41, 5.74) is 4.14. The van der Waals surface area contributed by atoms with Gasteiger partial charge in [0.2, 0.25) is 0 Å². The Balaban J connectivity index is 1.59. The van der Waals surface area contributed by atoms with Crippen LogP contribution in [-0.2, 0) is 6.54 Å². The van der Waals surface area contributed by atoms with Crippen molar-refractivity contribution >= 4 is 17.0 Å². The van der Waals surface area contributed by atoms with Gasteiger partial charge in [-0.2, -0.15) is 0 Å². The second kappa shape index (κ2) is 6.25. The van der Waals surface area contributed by atoms with Crippen molar-refractivity contribution in [2.24, 2.45) is 0 Å². The smallest absolute Gasteiger partial charge is 0.0795 e. The molecule has 0 bridgehead atoms. The predicted octanol–water partition coefficient (Wildman–Crippen LogP) is 2.34. The molecule has 0 aliphatic carbocycles. The standard InChI is InChI=1S/C12H15N3S/c1-2-4-11(5-3-1)14-7-6-13-8-12-9-16-10-15-12/h1-5,9-10,13-14H,6-8H2. The van der Waals surface area contributed by atoms with Gasteiger partial charge in [0.1, 0.15) is 0 Å². The quantitative estimate of drug-likeness (QED) is 0.752. The van der Waals surface area contributed by atoms with E-state index in [9.17, 15) is 0 Å². The highest BCUT2D eigenvalue weighted by atomic mass is 32.1. The van der Waals surface area contributed by atoms with E-state index in [0.717, 1.165) is 31.0 Å². The number of hydrogen-bond acceptors (Lipinski definition) is 4. The van der Waals surface area contributed by atoms with Crippen LogP contribution in [0.5, 0.6) is 0 Å². The summed E-state index contributed by atoms with van der Waals surface area (Å²) in [4.78, 5) is 4.21. The van der Waals surface area contributed by atoms with E-state index >= 15 is 0 Å². The zero-order valence-corrected chi connectivity index (χ0v) is 9.83. The molecule has 0 aliphatic rings. The van der Waals surface area contributed by atoms with Crippen LogP contribution in [0.3, 0.4) is 0 Å². The molecule has 0 aliphatic heterocycles. The molecule has 0 saturated heterocycles. The monoisotopic (exact) mass is 233 g/mol. The highest BCUT2D eigenvalue weighted by Crippen LogP contribution is 2.03. The van der Waals surface area contributed by atoms with Gasteiger partial charge in [0.25, 0.3) is 0 Å². The van der Waals surface area contributed by atoms with Crippen molar-refractivity contribution in [3.8, 4) is 0 Å². The SMILES string of the molecule is c1ccc(NCCNCc2cscn2)cc1. The van der Waals surface area contributed by atoms with E-state index in [1.807, 2.05) is 23.7 Å². The molecule has 0 fully saturated rings. The normalized spacial score (nSPS) is 10.2. The number of thiazole rings is 1. The van der Waals surface area contributed by atoms with Gasteiger partial charge in [0, 0.05) is 30.7 Å². The van der Waals surface area contributed by atoms with Crippen molar-refractivity contribution in [2.75, 3.05) is 18.4 Å². The van der Waals surface area contributed by atoms with E-state index in [-0.39, 0.29) is 0 Å². The minimum Gasteiger partial charge on any atom is -0.384 e. The first-order valence-corrected chi connectivity index (χ1v) is 6.26. The Morgan fingerprint density at radius 3 is 2.75 bits per heavy atom. The minimum atomic E-state index is 0.847. The molecule has 0 amide bonds. The summed E-state index contributed by atoms with van der Waals surface area (Å²) in [6, 6.07) is 10.2. The minimum absolute atomic E-state index is 0.847. The van der Waals surface area contributed by atoms with Crippen molar-refractivity contribution in [1.29, 1.82) is 0 Å². The predicted molar refractivity (Wildman–Crippen MR) is 68.8 cm³/mol. The molecular weight excluding hydrogens is 218 g/mol. The summed E-state index contributed by atoms with van der Waals surface area (Å²) >= 11 is 1.63. The molecular formula is C12H15N3S. The molecule has 1 aromatic carbocycles. The molecule has 16 heavy (non-hydrogen) atoms. The maximum absolute atomic E-state index is 4.21. The van der Waals surface area contributed by atoms with Gasteiger partial charge in [-0.05, 0) is 12.1 Å². The van der Waals surface area contributed by atoms with Crippen LogP contribution in [0.25, 0.3) is 0 Å². The molecule has 4 heteroatoms. The number of para-hydroxylation sites is 1. The Labute approximate surface area is 99.5 Å². The Kier molecular flexibility index (Phi) is 4.34. The van der Waals surface area contributed by atoms with Crippen molar-refractivity contribution in [1.82, 2.24) is 10.3 Å². The fourth-order valence-corrected chi connectivity index (χ4v) is 1.95. The second-order valence-corrected chi connectivity index (χ2v) is 4.17. The summed E-state index contributed by atoms with van der Waals surface area (Å²) in [6.07, 6.45) is 0. The van der Waals surface area contributed by atoms with Crippen LogP contribution in [0.1, 0.15) is 5.69 Å². The number of anilines is 1. The maximum Gasteiger partial charge on any atom is 0.0795 e. The van der Waals surface area contributed by atoms with Gasteiger partial charge in [-0.25, -0.2) is 4.98 Å². The van der Waals surface area contributed by atoms with Gasteiger partial charge < -0.3 is 10.6 Å². The van der Waals surface area contributed by atoms with E-state index in [1.165, 1.54) is 0 Å². The van der Waals surface area contributed by atoms with Crippen LogP contribution < -0.4 is 10.6 Å². The van der Waals surface area contributed by atoms with Crippen molar-refractivity contribution in [3.63, 3.8) is 0 Å². The van der Waals surface area contributed by atoms with E-state index in [1.54, 1.807) is 11.3 Å². The fourth-order valence-electron chi connectivity index (χ4n) is 1.39. The maximum atomic E-state index is 4.21. The Hall–Kier alpha value is -1.39. The first-order valence-electron chi connectivity index (χ1n) is 5.32. The molecule has 1 aromatic heterocycles. The first kappa shape index (κ1) is 11.1. The summed E-state index contributed by atoms with van der Waals surface area (Å²) in [5.74, 6) is 0. The molecule has 0 radical (unpaired) electrons. The number of benzene rings is 1. The van der Waals surface area contributed by atoms with Crippen LogP contribution in [0.15, 0.2) is 41.2 Å².